The Hall–Kier alpha value is -0.960. The molecular weight excluding hydrogens is 116 g/mol. The highest BCUT2D eigenvalue weighted by Crippen LogP contribution is 2.01. The van der Waals surface area contributed by atoms with Crippen LogP contribution in [0.1, 0.15) is 0 Å². The smallest absolute Gasteiger partial charge is 0.119 e. The van der Waals surface area contributed by atoms with E-state index >= 15 is 0 Å². The highest BCUT2D eigenvalue weighted by molar-refractivity contribution is 5.18. The van der Waals surface area contributed by atoms with Crippen LogP contribution in [-0.4, -0.2) is 13.3 Å². The van der Waals surface area contributed by atoms with Gasteiger partial charge >= 0.3 is 0 Å². The number of nitrogens with one attached hydrogen (secondary N) is 1. The third kappa shape index (κ3) is 1.47. The molecule has 0 spiro atoms. The summed E-state index contributed by atoms with van der Waals surface area (Å²) in [6.45, 7) is 0. The Balaban J connectivity index is 2.59. The molecule has 1 heterocycles. The molecule has 0 saturated carbocycles. The van der Waals surface area contributed by atoms with E-state index in [1.165, 1.54) is 0 Å². The zero-order valence-electron chi connectivity index (χ0n) is 5.29. The van der Waals surface area contributed by atoms with E-state index in [1.807, 2.05) is 6.08 Å². The van der Waals surface area contributed by atoms with Gasteiger partial charge in [0, 0.05) is 6.20 Å². The predicted molar refractivity (Wildman–Crippen MR) is 35.3 cm³/mol. The van der Waals surface area contributed by atoms with E-state index in [-0.39, 0.29) is 6.17 Å². The standard InChI is InChI=1S/C6H10N2O/c1-9-5-2-3-8-6(7)4-5/h2-4,6,8H,7H2,1H3. The second-order valence-corrected chi connectivity index (χ2v) is 1.80. The Morgan fingerprint density at radius 1 is 1.78 bits per heavy atom. The first kappa shape index (κ1) is 6.16. The lowest BCUT2D eigenvalue weighted by molar-refractivity contribution is 0.301. The van der Waals surface area contributed by atoms with Crippen molar-refractivity contribution in [3.63, 3.8) is 0 Å². The summed E-state index contributed by atoms with van der Waals surface area (Å²) in [4.78, 5) is 0. The minimum absolute atomic E-state index is 0.107. The van der Waals surface area contributed by atoms with Gasteiger partial charge in [0.05, 0.1) is 13.3 Å². The average Bonchev–Trinajstić information content (AvgIpc) is 1.88. The molecule has 0 amide bonds. The van der Waals surface area contributed by atoms with E-state index < -0.39 is 0 Å². The summed E-state index contributed by atoms with van der Waals surface area (Å²) < 4.78 is 4.92. The maximum atomic E-state index is 5.48. The first-order valence-corrected chi connectivity index (χ1v) is 2.77. The number of hydrogen-bond donors (Lipinski definition) is 2. The molecule has 1 rings (SSSR count). The Morgan fingerprint density at radius 3 is 3.00 bits per heavy atom. The average molecular weight is 126 g/mol. The third-order valence-corrected chi connectivity index (χ3v) is 1.12. The van der Waals surface area contributed by atoms with Crippen LogP contribution in [0.4, 0.5) is 0 Å². The van der Waals surface area contributed by atoms with Crippen LogP contribution in [0.15, 0.2) is 24.1 Å². The number of nitrogens with two attached hydrogens (primary N) is 1. The molecule has 0 aromatic rings. The third-order valence-electron chi connectivity index (χ3n) is 1.12. The monoisotopic (exact) mass is 126 g/mol. The number of methoxy groups -OCH3 is 1. The fourth-order valence-corrected chi connectivity index (χ4v) is 0.658. The van der Waals surface area contributed by atoms with Gasteiger partial charge in [0.25, 0.3) is 0 Å². The number of dihydropyridines is 1. The molecule has 0 bridgehead atoms. The van der Waals surface area contributed by atoms with Crippen LogP contribution in [0.2, 0.25) is 0 Å². The number of allylic oxidation sites excluding steroid dienone is 1. The molecule has 0 aliphatic carbocycles. The van der Waals surface area contributed by atoms with Crippen LogP contribution in [-0.2, 0) is 4.74 Å². The first-order chi connectivity index (χ1) is 4.33. The van der Waals surface area contributed by atoms with Gasteiger partial charge in [-0.2, -0.15) is 0 Å². The van der Waals surface area contributed by atoms with Gasteiger partial charge < -0.3 is 15.8 Å². The van der Waals surface area contributed by atoms with Crippen LogP contribution in [0.5, 0.6) is 0 Å². The molecule has 1 unspecified atom stereocenters. The van der Waals surface area contributed by atoms with E-state index in [0.29, 0.717) is 0 Å². The lowest BCUT2D eigenvalue weighted by Gasteiger charge is -2.12. The summed E-state index contributed by atoms with van der Waals surface area (Å²) in [7, 11) is 1.62. The molecule has 9 heavy (non-hydrogen) atoms. The fraction of sp³-hybridized carbons (Fsp3) is 0.333. The van der Waals surface area contributed by atoms with E-state index in [4.69, 9.17) is 10.5 Å². The zero-order valence-corrected chi connectivity index (χ0v) is 5.29. The van der Waals surface area contributed by atoms with Crippen molar-refractivity contribution in [1.29, 1.82) is 0 Å². The Labute approximate surface area is 54.2 Å². The second-order valence-electron chi connectivity index (χ2n) is 1.80. The van der Waals surface area contributed by atoms with Crippen LogP contribution in [0.25, 0.3) is 0 Å². The molecule has 1 atom stereocenters. The van der Waals surface area contributed by atoms with Crippen molar-refractivity contribution < 1.29 is 4.74 Å². The van der Waals surface area contributed by atoms with Crippen molar-refractivity contribution in [3.05, 3.63) is 24.1 Å². The predicted octanol–water partition coefficient (Wildman–Crippen LogP) is -0.0816. The summed E-state index contributed by atoms with van der Waals surface area (Å²) in [5, 5.41) is 2.89. The van der Waals surface area contributed by atoms with Gasteiger partial charge in [-0.15, -0.1) is 0 Å². The molecule has 0 fully saturated rings. The Kier molecular flexibility index (Phi) is 1.75. The van der Waals surface area contributed by atoms with Crippen molar-refractivity contribution in [2.45, 2.75) is 6.17 Å². The van der Waals surface area contributed by atoms with E-state index in [2.05, 4.69) is 5.32 Å². The van der Waals surface area contributed by atoms with Crippen molar-refractivity contribution in [2.24, 2.45) is 5.73 Å². The molecule has 0 radical (unpaired) electrons. The molecular formula is C6H10N2O. The van der Waals surface area contributed by atoms with E-state index in [0.717, 1.165) is 5.76 Å². The topological polar surface area (TPSA) is 47.3 Å². The molecule has 0 aromatic heterocycles. The summed E-state index contributed by atoms with van der Waals surface area (Å²) in [6, 6.07) is 0. The molecule has 50 valence electrons. The Bertz CT molecular complexity index is 151. The van der Waals surface area contributed by atoms with Crippen molar-refractivity contribution in [2.75, 3.05) is 7.11 Å². The molecule has 0 saturated heterocycles. The van der Waals surface area contributed by atoms with Crippen molar-refractivity contribution in [1.82, 2.24) is 5.32 Å². The molecule has 0 aromatic carbocycles. The summed E-state index contributed by atoms with van der Waals surface area (Å²) in [5.41, 5.74) is 5.48. The van der Waals surface area contributed by atoms with Gasteiger partial charge in [-0.3, -0.25) is 0 Å². The zero-order chi connectivity index (χ0) is 6.69. The van der Waals surface area contributed by atoms with Gasteiger partial charge in [-0.25, -0.2) is 0 Å². The minimum atomic E-state index is -0.107. The highest BCUT2D eigenvalue weighted by atomic mass is 16.5. The number of rotatable bonds is 1. The van der Waals surface area contributed by atoms with E-state index in [9.17, 15) is 0 Å². The summed E-state index contributed by atoms with van der Waals surface area (Å²) in [6.07, 6.45) is 5.29. The van der Waals surface area contributed by atoms with Crippen LogP contribution in [0, 0.1) is 0 Å². The number of ether oxygens (including phenoxy) is 1. The lowest BCUT2D eigenvalue weighted by Crippen LogP contribution is -2.33. The van der Waals surface area contributed by atoms with Crippen molar-refractivity contribution >= 4 is 0 Å². The molecule has 1 aliphatic rings. The molecule has 1 aliphatic heterocycles. The molecule has 3 nitrogen and oxygen atoms in total. The van der Waals surface area contributed by atoms with Crippen LogP contribution >= 0.6 is 0 Å². The highest BCUT2D eigenvalue weighted by Gasteiger charge is 2.00. The largest absolute Gasteiger partial charge is 0.497 e. The maximum Gasteiger partial charge on any atom is 0.119 e. The quantitative estimate of drug-likeness (QED) is 0.516. The van der Waals surface area contributed by atoms with Gasteiger partial charge in [-0.05, 0) is 12.2 Å². The lowest BCUT2D eigenvalue weighted by atomic mass is 10.3. The summed E-state index contributed by atoms with van der Waals surface area (Å²) >= 11 is 0. The fourth-order valence-electron chi connectivity index (χ4n) is 0.658. The van der Waals surface area contributed by atoms with Gasteiger partial charge in [0.2, 0.25) is 0 Å². The summed E-state index contributed by atoms with van der Waals surface area (Å²) in [5.74, 6) is 0.807. The van der Waals surface area contributed by atoms with E-state index in [1.54, 1.807) is 19.4 Å². The van der Waals surface area contributed by atoms with Crippen LogP contribution < -0.4 is 11.1 Å². The number of hydrogen-bond acceptors (Lipinski definition) is 3. The first-order valence-electron chi connectivity index (χ1n) is 2.77. The van der Waals surface area contributed by atoms with Crippen molar-refractivity contribution in [3.8, 4) is 0 Å². The SMILES string of the molecule is COC1=CC(N)NC=C1. The molecule has 3 N–H and O–H groups in total. The minimum Gasteiger partial charge on any atom is -0.497 e. The van der Waals surface area contributed by atoms with Gasteiger partial charge in [0.1, 0.15) is 5.76 Å². The Morgan fingerprint density at radius 2 is 2.56 bits per heavy atom. The maximum absolute atomic E-state index is 5.48. The normalized spacial score (nSPS) is 24.7. The van der Waals surface area contributed by atoms with Gasteiger partial charge in [0.15, 0.2) is 0 Å². The van der Waals surface area contributed by atoms with Crippen LogP contribution in [0.3, 0.4) is 0 Å². The molecule has 3 heteroatoms. The second kappa shape index (κ2) is 2.55. The van der Waals surface area contributed by atoms with Gasteiger partial charge in [-0.1, -0.05) is 0 Å².